The van der Waals surface area contributed by atoms with Gasteiger partial charge in [0.15, 0.2) is 0 Å². The molecule has 92 valence electrons. The van der Waals surface area contributed by atoms with E-state index in [0.29, 0.717) is 12.8 Å². The maximum atomic E-state index is 11.0. The molecule has 0 unspecified atom stereocenters. The van der Waals surface area contributed by atoms with Gasteiger partial charge in [0.25, 0.3) is 0 Å². The van der Waals surface area contributed by atoms with Gasteiger partial charge in [-0.3, -0.25) is 0 Å². The van der Waals surface area contributed by atoms with Gasteiger partial charge >= 0.3 is 0 Å². The SMILES string of the molecule is CC(=O)CCc1nccc(-c2ccc(C)cc2)n1. The van der Waals surface area contributed by atoms with E-state index in [2.05, 4.69) is 29.0 Å². The molecule has 2 aromatic rings. The van der Waals surface area contributed by atoms with Gasteiger partial charge in [0.2, 0.25) is 0 Å². The lowest BCUT2D eigenvalue weighted by Gasteiger charge is -2.03. The van der Waals surface area contributed by atoms with E-state index in [1.807, 2.05) is 18.2 Å². The van der Waals surface area contributed by atoms with Gasteiger partial charge in [-0.1, -0.05) is 29.8 Å². The number of hydrogen-bond acceptors (Lipinski definition) is 3. The normalized spacial score (nSPS) is 10.3. The van der Waals surface area contributed by atoms with Crippen molar-refractivity contribution in [2.45, 2.75) is 26.7 Å². The molecule has 3 heteroatoms. The van der Waals surface area contributed by atoms with Crippen LogP contribution in [0.2, 0.25) is 0 Å². The van der Waals surface area contributed by atoms with Gasteiger partial charge in [-0.2, -0.15) is 0 Å². The fourth-order valence-electron chi connectivity index (χ4n) is 1.69. The number of aromatic nitrogens is 2. The van der Waals surface area contributed by atoms with Crippen molar-refractivity contribution in [3.8, 4) is 11.3 Å². The van der Waals surface area contributed by atoms with Gasteiger partial charge in [0.05, 0.1) is 5.69 Å². The summed E-state index contributed by atoms with van der Waals surface area (Å²) in [6, 6.07) is 10.1. The molecule has 3 nitrogen and oxygen atoms in total. The molecule has 1 heterocycles. The van der Waals surface area contributed by atoms with Crippen LogP contribution in [0, 0.1) is 6.92 Å². The smallest absolute Gasteiger partial charge is 0.130 e. The molecule has 18 heavy (non-hydrogen) atoms. The molecule has 0 aliphatic carbocycles. The fraction of sp³-hybridized carbons (Fsp3) is 0.267. The maximum Gasteiger partial charge on any atom is 0.130 e. The Morgan fingerprint density at radius 3 is 2.56 bits per heavy atom. The first-order valence-corrected chi connectivity index (χ1v) is 6.03. The highest BCUT2D eigenvalue weighted by atomic mass is 16.1. The molecule has 0 atom stereocenters. The van der Waals surface area contributed by atoms with Crippen LogP contribution in [-0.2, 0) is 11.2 Å². The van der Waals surface area contributed by atoms with Gasteiger partial charge in [0.1, 0.15) is 11.6 Å². The summed E-state index contributed by atoms with van der Waals surface area (Å²) in [5.41, 5.74) is 3.21. The summed E-state index contributed by atoms with van der Waals surface area (Å²) in [6.45, 7) is 3.64. The van der Waals surface area contributed by atoms with Crippen LogP contribution in [0.3, 0.4) is 0 Å². The van der Waals surface area contributed by atoms with E-state index in [1.165, 1.54) is 5.56 Å². The minimum atomic E-state index is 0.166. The zero-order valence-corrected chi connectivity index (χ0v) is 10.7. The predicted molar refractivity (Wildman–Crippen MR) is 71.2 cm³/mol. The highest BCUT2D eigenvalue weighted by Gasteiger charge is 2.03. The van der Waals surface area contributed by atoms with Gasteiger partial charge in [0, 0.05) is 24.6 Å². The van der Waals surface area contributed by atoms with E-state index < -0.39 is 0 Å². The Morgan fingerprint density at radius 1 is 1.17 bits per heavy atom. The summed E-state index contributed by atoms with van der Waals surface area (Å²) in [4.78, 5) is 19.6. The van der Waals surface area contributed by atoms with Crippen LogP contribution in [-0.4, -0.2) is 15.8 Å². The van der Waals surface area contributed by atoms with Crippen LogP contribution in [0.4, 0.5) is 0 Å². The lowest BCUT2D eigenvalue weighted by molar-refractivity contribution is -0.117. The first kappa shape index (κ1) is 12.4. The molecule has 0 aliphatic heterocycles. The highest BCUT2D eigenvalue weighted by molar-refractivity contribution is 5.75. The van der Waals surface area contributed by atoms with Gasteiger partial charge in [-0.15, -0.1) is 0 Å². The van der Waals surface area contributed by atoms with Crippen LogP contribution in [0.15, 0.2) is 36.5 Å². The first-order valence-electron chi connectivity index (χ1n) is 6.03. The second-order valence-electron chi connectivity index (χ2n) is 4.43. The topological polar surface area (TPSA) is 42.9 Å². The number of carbonyl (C=O) groups excluding carboxylic acids is 1. The van der Waals surface area contributed by atoms with Crippen molar-refractivity contribution in [2.75, 3.05) is 0 Å². The Bertz CT molecular complexity index is 547. The molecule has 0 amide bonds. The summed E-state index contributed by atoms with van der Waals surface area (Å²) >= 11 is 0. The number of nitrogens with zero attached hydrogens (tertiary/aromatic N) is 2. The van der Waals surface area contributed by atoms with Gasteiger partial charge in [-0.25, -0.2) is 9.97 Å². The van der Waals surface area contributed by atoms with Crippen LogP contribution in [0.25, 0.3) is 11.3 Å². The van der Waals surface area contributed by atoms with Crippen molar-refractivity contribution in [1.29, 1.82) is 0 Å². The minimum absolute atomic E-state index is 0.166. The van der Waals surface area contributed by atoms with E-state index in [0.717, 1.165) is 17.1 Å². The molecule has 0 radical (unpaired) electrons. The standard InChI is InChI=1S/C15H16N2O/c1-11-3-6-13(7-4-11)14-9-10-16-15(17-14)8-5-12(2)18/h3-4,6-7,9-10H,5,8H2,1-2H3. The summed E-state index contributed by atoms with van der Waals surface area (Å²) in [5.74, 6) is 0.891. The van der Waals surface area contributed by atoms with E-state index >= 15 is 0 Å². The van der Waals surface area contributed by atoms with E-state index in [9.17, 15) is 4.79 Å². The number of hydrogen-bond donors (Lipinski definition) is 0. The predicted octanol–water partition coefficient (Wildman–Crippen LogP) is 2.97. The average Bonchev–Trinajstić information content (AvgIpc) is 2.37. The third-order valence-electron chi connectivity index (χ3n) is 2.75. The fourth-order valence-corrected chi connectivity index (χ4v) is 1.69. The second kappa shape index (κ2) is 5.54. The molecule has 0 fully saturated rings. The van der Waals surface area contributed by atoms with Crippen molar-refractivity contribution in [2.24, 2.45) is 0 Å². The number of ketones is 1. The van der Waals surface area contributed by atoms with Crippen LogP contribution >= 0.6 is 0 Å². The molecule has 0 N–H and O–H groups in total. The quantitative estimate of drug-likeness (QED) is 0.825. The first-order chi connectivity index (χ1) is 8.65. The number of carbonyl (C=O) groups is 1. The second-order valence-corrected chi connectivity index (χ2v) is 4.43. The van der Waals surface area contributed by atoms with Crippen LogP contribution in [0.1, 0.15) is 24.7 Å². The molecule has 1 aromatic heterocycles. The third kappa shape index (κ3) is 3.23. The zero-order chi connectivity index (χ0) is 13.0. The largest absolute Gasteiger partial charge is 0.300 e. The molecule has 1 aromatic carbocycles. The van der Waals surface area contributed by atoms with E-state index in [4.69, 9.17) is 0 Å². The Hall–Kier alpha value is -2.03. The average molecular weight is 240 g/mol. The molecule has 0 bridgehead atoms. The molecule has 0 saturated heterocycles. The molecular weight excluding hydrogens is 224 g/mol. The lowest BCUT2D eigenvalue weighted by atomic mass is 10.1. The summed E-state index contributed by atoms with van der Waals surface area (Å²) < 4.78 is 0. The van der Waals surface area contributed by atoms with Crippen molar-refractivity contribution in [3.05, 3.63) is 47.9 Å². The zero-order valence-electron chi connectivity index (χ0n) is 10.7. The van der Waals surface area contributed by atoms with E-state index in [1.54, 1.807) is 13.1 Å². The van der Waals surface area contributed by atoms with Crippen molar-refractivity contribution in [3.63, 3.8) is 0 Å². The Balaban J connectivity index is 2.21. The number of aryl methyl sites for hydroxylation is 2. The highest BCUT2D eigenvalue weighted by Crippen LogP contribution is 2.17. The summed E-state index contributed by atoms with van der Waals surface area (Å²) in [7, 11) is 0. The minimum Gasteiger partial charge on any atom is -0.300 e. The van der Waals surface area contributed by atoms with Crippen LogP contribution in [0.5, 0.6) is 0 Å². The number of benzene rings is 1. The monoisotopic (exact) mass is 240 g/mol. The third-order valence-corrected chi connectivity index (χ3v) is 2.75. The van der Waals surface area contributed by atoms with Crippen molar-refractivity contribution in [1.82, 2.24) is 9.97 Å². The molecule has 0 aliphatic rings. The Kier molecular flexibility index (Phi) is 3.82. The Labute approximate surface area is 107 Å². The van der Waals surface area contributed by atoms with Gasteiger partial charge < -0.3 is 4.79 Å². The maximum absolute atomic E-state index is 11.0. The molecular formula is C15H16N2O. The van der Waals surface area contributed by atoms with Crippen LogP contribution < -0.4 is 0 Å². The number of rotatable bonds is 4. The number of Topliss-reactive ketones (excluding diaryl/α,β-unsaturated/α-hetero) is 1. The van der Waals surface area contributed by atoms with Crippen molar-refractivity contribution < 1.29 is 4.79 Å². The van der Waals surface area contributed by atoms with Gasteiger partial charge in [-0.05, 0) is 19.9 Å². The summed E-state index contributed by atoms with van der Waals surface area (Å²) in [5, 5.41) is 0. The Morgan fingerprint density at radius 2 is 1.89 bits per heavy atom. The lowest BCUT2D eigenvalue weighted by Crippen LogP contribution is -2.00. The molecule has 2 rings (SSSR count). The summed E-state index contributed by atoms with van der Waals surface area (Å²) in [6.07, 6.45) is 2.85. The molecule has 0 spiro atoms. The molecule has 0 saturated carbocycles. The van der Waals surface area contributed by atoms with Crippen molar-refractivity contribution >= 4 is 5.78 Å². The van der Waals surface area contributed by atoms with E-state index in [-0.39, 0.29) is 5.78 Å².